The van der Waals surface area contributed by atoms with Crippen LogP contribution < -0.4 is 5.73 Å². The molecule has 2 atom stereocenters. The second-order valence-electron chi connectivity index (χ2n) is 5.09. The lowest BCUT2D eigenvalue weighted by Crippen LogP contribution is -2.21. The third-order valence-corrected chi connectivity index (χ3v) is 3.67. The van der Waals surface area contributed by atoms with E-state index in [1.807, 2.05) is 24.3 Å². The molecule has 0 saturated heterocycles. The second kappa shape index (κ2) is 4.96. The van der Waals surface area contributed by atoms with Crippen molar-refractivity contribution in [1.82, 2.24) is 0 Å². The molecule has 2 aromatic rings. The largest absolute Gasteiger partial charge is 0.455 e. The van der Waals surface area contributed by atoms with Gasteiger partial charge in [-0.15, -0.1) is 0 Å². The summed E-state index contributed by atoms with van der Waals surface area (Å²) in [5.74, 6) is -0.927. The number of esters is 1. The molecule has 1 fully saturated rings. The number of hydrogen-bond donors (Lipinski definition) is 1. The van der Waals surface area contributed by atoms with Gasteiger partial charge in [-0.25, -0.2) is 0 Å². The van der Waals surface area contributed by atoms with Crippen LogP contribution in [0.2, 0.25) is 0 Å². The lowest BCUT2D eigenvalue weighted by molar-refractivity contribution is -0.149. The zero-order valence-corrected chi connectivity index (χ0v) is 10.9. The van der Waals surface area contributed by atoms with Crippen LogP contribution in [0.5, 0.6) is 0 Å². The van der Waals surface area contributed by atoms with Gasteiger partial charge in [-0.2, -0.15) is 0 Å². The maximum atomic E-state index is 11.8. The highest BCUT2D eigenvalue weighted by atomic mass is 16.5. The topological polar surface area (TPSA) is 69.4 Å². The van der Waals surface area contributed by atoms with Crippen LogP contribution in [-0.2, 0) is 14.3 Å². The van der Waals surface area contributed by atoms with Gasteiger partial charge in [0.05, 0.1) is 5.92 Å². The van der Waals surface area contributed by atoms with Crippen LogP contribution in [-0.4, -0.2) is 18.5 Å². The summed E-state index contributed by atoms with van der Waals surface area (Å²) < 4.78 is 4.88. The number of primary amides is 1. The molecule has 4 nitrogen and oxygen atoms in total. The molecule has 0 spiro atoms. The highest BCUT2D eigenvalue weighted by molar-refractivity contribution is 5.89. The monoisotopic (exact) mass is 269 g/mol. The van der Waals surface area contributed by atoms with Gasteiger partial charge in [0.25, 0.3) is 5.91 Å². The van der Waals surface area contributed by atoms with Crippen molar-refractivity contribution < 1.29 is 14.3 Å². The Kier molecular flexibility index (Phi) is 3.14. The molecule has 20 heavy (non-hydrogen) atoms. The van der Waals surface area contributed by atoms with Crippen molar-refractivity contribution >= 4 is 22.6 Å². The van der Waals surface area contributed by atoms with Gasteiger partial charge in [0, 0.05) is 0 Å². The van der Waals surface area contributed by atoms with E-state index in [1.54, 1.807) is 0 Å². The van der Waals surface area contributed by atoms with Gasteiger partial charge in [0.1, 0.15) is 0 Å². The standard InChI is InChI=1S/C16H15NO3/c17-15(18)9-20-16(19)14-8-13(14)12-7-3-5-10-4-1-2-6-11(10)12/h1-7,13-14H,8-9H2,(H2,17,18)/t13-,14+/m0/s1. The summed E-state index contributed by atoms with van der Waals surface area (Å²) in [6.07, 6.45) is 0.769. The Morgan fingerprint density at radius 3 is 2.70 bits per heavy atom. The molecule has 4 heteroatoms. The molecule has 0 radical (unpaired) electrons. The Balaban J connectivity index is 1.78. The lowest BCUT2D eigenvalue weighted by atomic mass is 10.0. The smallest absolute Gasteiger partial charge is 0.310 e. The molecular weight excluding hydrogens is 254 g/mol. The fourth-order valence-electron chi connectivity index (χ4n) is 2.62. The molecule has 0 unspecified atom stereocenters. The zero-order chi connectivity index (χ0) is 14.1. The molecule has 0 heterocycles. The molecule has 2 aromatic carbocycles. The molecule has 0 bridgehead atoms. The van der Waals surface area contributed by atoms with Crippen molar-refractivity contribution in [2.24, 2.45) is 11.7 Å². The van der Waals surface area contributed by atoms with Gasteiger partial charge in [-0.05, 0) is 28.7 Å². The van der Waals surface area contributed by atoms with E-state index in [0.29, 0.717) is 0 Å². The molecule has 1 amide bonds. The first-order valence-electron chi connectivity index (χ1n) is 6.59. The molecule has 0 aliphatic heterocycles. The van der Waals surface area contributed by atoms with E-state index in [2.05, 4.69) is 18.2 Å². The minimum Gasteiger partial charge on any atom is -0.455 e. The molecular formula is C16H15NO3. The van der Waals surface area contributed by atoms with E-state index in [4.69, 9.17) is 10.5 Å². The van der Waals surface area contributed by atoms with Gasteiger partial charge >= 0.3 is 5.97 Å². The van der Waals surface area contributed by atoms with Crippen LogP contribution in [0.4, 0.5) is 0 Å². The number of carbonyl (C=O) groups is 2. The van der Waals surface area contributed by atoms with Crippen molar-refractivity contribution in [3.05, 3.63) is 48.0 Å². The molecule has 1 saturated carbocycles. The number of amides is 1. The number of benzene rings is 2. The van der Waals surface area contributed by atoms with E-state index in [1.165, 1.54) is 16.3 Å². The van der Waals surface area contributed by atoms with Gasteiger partial charge < -0.3 is 10.5 Å². The van der Waals surface area contributed by atoms with E-state index in [9.17, 15) is 9.59 Å². The first-order chi connectivity index (χ1) is 9.66. The summed E-state index contributed by atoms with van der Waals surface area (Å²) in [7, 11) is 0. The van der Waals surface area contributed by atoms with Gasteiger partial charge in [0.2, 0.25) is 0 Å². The molecule has 0 aromatic heterocycles. The van der Waals surface area contributed by atoms with Crippen molar-refractivity contribution in [2.45, 2.75) is 12.3 Å². The summed E-state index contributed by atoms with van der Waals surface area (Å²) in [4.78, 5) is 22.4. The lowest BCUT2D eigenvalue weighted by Gasteiger charge is -2.06. The highest BCUT2D eigenvalue weighted by Crippen LogP contribution is 2.50. The van der Waals surface area contributed by atoms with Crippen LogP contribution in [0.1, 0.15) is 17.9 Å². The van der Waals surface area contributed by atoms with Crippen molar-refractivity contribution in [3.63, 3.8) is 0 Å². The highest BCUT2D eigenvalue weighted by Gasteiger charge is 2.45. The summed E-state index contributed by atoms with van der Waals surface area (Å²) >= 11 is 0. The third-order valence-electron chi connectivity index (χ3n) is 3.67. The minimum atomic E-state index is -0.624. The second-order valence-corrected chi connectivity index (χ2v) is 5.09. The molecule has 2 N–H and O–H groups in total. The normalized spacial score (nSPS) is 20.6. The fourth-order valence-corrected chi connectivity index (χ4v) is 2.62. The van der Waals surface area contributed by atoms with Crippen LogP contribution in [0, 0.1) is 5.92 Å². The zero-order valence-electron chi connectivity index (χ0n) is 10.9. The number of fused-ring (bicyclic) bond motifs is 1. The predicted octanol–water partition coefficient (Wildman–Crippen LogP) is 1.97. The van der Waals surface area contributed by atoms with Gasteiger partial charge in [0.15, 0.2) is 6.61 Å². The number of ether oxygens (including phenoxy) is 1. The molecule has 102 valence electrons. The first kappa shape index (κ1) is 12.7. The maximum Gasteiger partial charge on any atom is 0.310 e. The quantitative estimate of drug-likeness (QED) is 0.863. The van der Waals surface area contributed by atoms with E-state index < -0.39 is 5.91 Å². The van der Waals surface area contributed by atoms with Crippen molar-refractivity contribution in [1.29, 1.82) is 0 Å². The Hall–Kier alpha value is -2.36. The van der Waals surface area contributed by atoms with E-state index >= 15 is 0 Å². The number of carbonyl (C=O) groups excluding carboxylic acids is 2. The average Bonchev–Trinajstić information content (AvgIpc) is 3.24. The molecule has 3 rings (SSSR count). The Labute approximate surface area is 116 Å². The SMILES string of the molecule is NC(=O)COC(=O)[C@@H]1C[C@H]1c1cccc2ccccc12. The van der Waals surface area contributed by atoms with Crippen LogP contribution in [0.3, 0.4) is 0 Å². The maximum absolute atomic E-state index is 11.8. The first-order valence-corrected chi connectivity index (χ1v) is 6.59. The molecule has 1 aliphatic rings. The van der Waals surface area contributed by atoms with Crippen molar-refractivity contribution in [3.8, 4) is 0 Å². The fraction of sp³-hybridized carbons (Fsp3) is 0.250. The molecule has 1 aliphatic carbocycles. The van der Waals surface area contributed by atoms with Crippen LogP contribution in [0.15, 0.2) is 42.5 Å². The van der Waals surface area contributed by atoms with E-state index in [-0.39, 0.29) is 24.4 Å². The summed E-state index contributed by atoms with van der Waals surface area (Å²) in [6, 6.07) is 14.2. The Bertz CT molecular complexity index is 675. The minimum absolute atomic E-state index is 0.153. The summed E-state index contributed by atoms with van der Waals surface area (Å²) in [6.45, 7) is -0.336. The predicted molar refractivity (Wildman–Crippen MR) is 74.9 cm³/mol. The van der Waals surface area contributed by atoms with Crippen LogP contribution >= 0.6 is 0 Å². The van der Waals surface area contributed by atoms with Crippen molar-refractivity contribution in [2.75, 3.05) is 6.61 Å². The third kappa shape index (κ3) is 2.37. The van der Waals surface area contributed by atoms with E-state index in [0.717, 1.165) is 6.42 Å². The number of nitrogens with two attached hydrogens (primary N) is 1. The van der Waals surface area contributed by atoms with Gasteiger partial charge in [-0.3, -0.25) is 9.59 Å². The number of hydrogen-bond acceptors (Lipinski definition) is 3. The van der Waals surface area contributed by atoms with Crippen LogP contribution in [0.25, 0.3) is 10.8 Å². The summed E-state index contributed by atoms with van der Waals surface area (Å²) in [5, 5.41) is 2.34. The average molecular weight is 269 g/mol. The Morgan fingerprint density at radius 1 is 1.15 bits per heavy atom. The van der Waals surface area contributed by atoms with Gasteiger partial charge in [-0.1, -0.05) is 42.5 Å². The Morgan fingerprint density at radius 2 is 1.90 bits per heavy atom. The summed E-state index contributed by atoms with van der Waals surface area (Å²) in [5.41, 5.74) is 6.14. The number of rotatable bonds is 4.